The van der Waals surface area contributed by atoms with Gasteiger partial charge in [0.2, 0.25) is 5.91 Å². The van der Waals surface area contributed by atoms with E-state index in [-0.39, 0.29) is 41.3 Å². The van der Waals surface area contributed by atoms with Crippen molar-refractivity contribution in [3.63, 3.8) is 0 Å². The van der Waals surface area contributed by atoms with Crippen molar-refractivity contribution in [2.75, 3.05) is 0 Å². The second-order valence-electron chi connectivity index (χ2n) is 5.29. The number of rotatable bonds is 3. The molecule has 3 unspecified atom stereocenters. The first-order valence-corrected chi connectivity index (χ1v) is 7.34. The fourth-order valence-electron chi connectivity index (χ4n) is 2.53. The molecule has 7 heteroatoms. The summed E-state index contributed by atoms with van der Waals surface area (Å²) in [6.45, 7) is 1.77. The van der Waals surface area contributed by atoms with Crippen molar-refractivity contribution in [1.29, 1.82) is 0 Å². The normalized spacial score (nSPS) is 22.5. The molecule has 0 aliphatic heterocycles. The number of carbonyl (C=O) groups excluding carboxylic acids is 1. The minimum atomic E-state index is -0.546. The summed E-state index contributed by atoms with van der Waals surface area (Å²) < 4.78 is 13.5. The van der Waals surface area contributed by atoms with Crippen LogP contribution in [0.5, 0.6) is 0 Å². The standard InChI is InChI=1S/C14H17Cl2FN2O.ClH/c1-7(10-5-13(17)12(16)6-11(10)15)19-14(20)8-2-3-9(18)4-8;/h5-9H,2-4,18H2,1H3,(H,19,20);1H. The molecular weight excluding hydrogens is 338 g/mol. The molecule has 3 N–H and O–H groups in total. The lowest BCUT2D eigenvalue weighted by Crippen LogP contribution is -2.32. The van der Waals surface area contributed by atoms with Crippen LogP contribution in [0.1, 0.15) is 37.8 Å². The number of nitrogens with one attached hydrogen (secondary N) is 1. The summed E-state index contributed by atoms with van der Waals surface area (Å²) in [4.78, 5) is 12.1. The maximum Gasteiger partial charge on any atom is 0.223 e. The van der Waals surface area contributed by atoms with E-state index < -0.39 is 5.82 Å². The van der Waals surface area contributed by atoms with Crippen LogP contribution >= 0.6 is 35.6 Å². The molecular formula is C14H18Cl3FN2O. The Hall–Kier alpha value is -0.550. The van der Waals surface area contributed by atoms with Crippen LogP contribution < -0.4 is 11.1 Å². The first kappa shape index (κ1) is 18.5. The van der Waals surface area contributed by atoms with E-state index in [2.05, 4.69) is 5.32 Å². The molecule has 21 heavy (non-hydrogen) atoms. The number of amides is 1. The summed E-state index contributed by atoms with van der Waals surface area (Å²) in [6.07, 6.45) is 2.35. The Morgan fingerprint density at radius 1 is 1.38 bits per heavy atom. The van der Waals surface area contributed by atoms with E-state index in [4.69, 9.17) is 28.9 Å². The average Bonchev–Trinajstić information content (AvgIpc) is 2.80. The first-order chi connectivity index (χ1) is 9.38. The van der Waals surface area contributed by atoms with Crippen LogP contribution in [0.4, 0.5) is 4.39 Å². The third kappa shape index (κ3) is 4.46. The van der Waals surface area contributed by atoms with Crippen LogP contribution in [0, 0.1) is 11.7 Å². The Labute approximate surface area is 139 Å². The first-order valence-electron chi connectivity index (χ1n) is 6.59. The van der Waals surface area contributed by atoms with Crippen LogP contribution in [0.25, 0.3) is 0 Å². The average molecular weight is 356 g/mol. The molecule has 0 bridgehead atoms. The zero-order valence-electron chi connectivity index (χ0n) is 11.5. The fraction of sp³-hybridized carbons (Fsp3) is 0.500. The third-order valence-electron chi connectivity index (χ3n) is 3.71. The van der Waals surface area contributed by atoms with Gasteiger partial charge >= 0.3 is 0 Å². The van der Waals surface area contributed by atoms with Gasteiger partial charge in [-0.25, -0.2) is 4.39 Å². The molecule has 3 nitrogen and oxygen atoms in total. The quantitative estimate of drug-likeness (QED) is 0.809. The van der Waals surface area contributed by atoms with Crippen molar-refractivity contribution in [3.8, 4) is 0 Å². The Balaban J connectivity index is 0.00000220. The molecule has 0 heterocycles. The van der Waals surface area contributed by atoms with Gasteiger partial charge in [0.1, 0.15) is 5.82 Å². The zero-order chi connectivity index (χ0) is 14.9. The maximum atomic E-state index is 13.5. The molecule has 1 aliphatic rings. The lowest BCUT2D eigenvalue weighted by molar-refractivity contribution is -0.125. The molecule has 3 atom stereocenters. The predicted molar refractivity (Wildman–Crippen MR) is 85.5 cm³/mol. The summed E-state index contributed by atoms with van der Waals surface area (Å²) in [5.41, 5.74) is 6.32. The second kappa shape index (κ2) is 7.63. The Morgan fingerprint density at radius 2 is 2.05 bits per heavy atom. The number of hydrogen-bond acceptors (Lipinski definition) is 2. The van der Waals surface area contributed by atoms with Gasteiger partial charge in [-0.2, -0.15) is 0 Å². The highest BCUT2D eigenvalue weighted by Crippen LogP contribution is 2.30. The molecule has 0 spiro atoms. The lowest BCUT2D eigenvalue weighted by atomic mass is 10.0. The molecule has 1 amide bonds. The van der Waals surface area contributed by atoms with Crippen molar-refractivity contribution in [2.24, 2.45) is 11.7 Å². The van der Waals surface area contributed by atoms with Gasteiger partial charge in [0.15, 0.2) is 0 Å². The molecule has 0 radical (unpaired) electrons. The second-order valence-corrected chi connectivity index (χ2v) is 6.10. The largest absolute Gasteiger partial charge is 0.349 e. The molecule has 1 aromatic carbocycles. The monoisotopic (exact) mass is 354 g/mol. The van der Waals surface area contributed by atoms with E-state index in [0.717, 1.165) is 12.8 Å². The van der Waals surface area contributed by atoms with Gasteiger partial charge in [-0.1, -0.05) is 23.2 Å². The van der Waals surface area contributed by atoms with Gasteiger partial charge in [0.25, 0.3) is 0 Å². The van der Waals surface area contributed by atoms with Gasteiger partial charge < -0.3 is 11.1 Å². The highest BCUT2D eigenvalue weighted by molar-refractivity contribution is 6.35. The van der Waals surface area contributed by atoms with Gasteiger partial charge in [-0.05, 0) is 43.9 Å². The van der Waals surface area contributed by atoms with Crippen LogP contribution in [0.2, 0.25) is 10.0 Å². The van der Waals surface area contributed by atoms with E-state index in [1.807, 2.05) is 0 Å². The number of nitrogens with two attached hydrogens (primary N) is 1. The van der Waals surface area contributed by atoms with Crippen LogP contribution in [0.15, 0.2) is 12.1 Å². The number of benzene rings is 1. The van der Waals surface area contributed by atoms with E-state index in [9.17, 15) is 9.18 Å². The van der Waals surface area contributed by atoms with E-state index in [1.54, 1.807) is 6.92 Å². The highest BCUT2D eigenvalue weighted by Gasteiger charge is 2.28. The van der Waals surface area contributed by atoms with Crippen molar-refractivity contribution in [2.45, 2.75) is 38.3 Å². The third-order valence-corrected chi connectivity index (χ3v) is 4.33. The lowest BCUT2D eigenvalue weighted by Gasteiger charge is -2.19. The van der Waals surface area contributed by atoms with Crippen molar-refractivity contribution in [1.82, 2.24) is 5.32 Å². The van der Waals surface area contributed by atoms with Crippen LogP contribution in [-0.4, -0.2) is 11.9 Å². The Bertz CT molecular complexity index is 527. The summed E-state index contributed by atoms with van der Waals surface area (Å²) in [5.74, 6) is -0.671. The van der Waals surface area contributed by atoms with Gasteiger partial charge in [0.05, 0.1) is 11.1 Å². The van der Waals surface area contributed by atoms with Gasteiger partial charge in [-0.15, -0.1) is 12.4 Å². The summed E-state index contributed by atoms with van der Waals surface area (Å²) in [6, 6.07) is 2.33. The Morgan fingerprint density at radius 3 is 2.62 bits per heavy atom. The molecule has 118 valence electrons. The van der Waals surface area contributed by atoms with Gasteiger partial charge in [0, 0.05) is 17.0 Å². The van der Waals surface area contributed by atoms with Crippen molar-refractivity contribution in [3.05, 3.63) is 33.6 Å². The molecule has 1 aromatic rings. The maximum absolute atomic E-state index is 13.5. The SMILES string of the molecule is CC(NC(=O)C1CCC(N)C1)c1cc(F)c(Cl)cc1Cl.Cl. The minimum Gasteiger partial charge on any atom is -0.349 e. The van der Waals surface area contributed by atoms with Crippen molar-refractivity contribution >= 4 is 41.5 Å². The number of halogens is 4. The smallest absolute Gasteiger partial charge is 0.223 e. The molecule has 0 aromatic heterocycles. The number of hydrogen-bond donors (Lipinski definition) is 2. The van der Waals surface area contributed by atoms with Gasteiger partial charge in [-0.3, -0.25) is 4.79 Å². The highest BCUT2D eigenvalue weighted by atomic mass is 35.5. The molecule has 0 saturated heterocycles. The molecule has 1 saturated carbocycles. The fourth-order valence-corrected chi connectivity index (χ4v) is 3.08. The molecule has 1 aliphatic carbocycles. The van der Waals surface area contributed by atoms with Crippen LogP contribution in [-0.2, 0) is 4.79 Å². The Kier molecular flexibility index (Phi) is 6.72. The van der Waals surface area contributed by atoms with Crippen molar-refractivity contribution < 1.29 is 9.18 Å². The number of carbonyl (C=O) groups is 1. The van der Waals surface area contributed by atoms with E-state index in [0.29, 0.717) is 17.0 Å². The van der Waals surface area contributed by atoms with E-state index in [1.165, 1.54) is 12.1 Å². The molecule has 2 rings (SSSR count). The van der Waals surface area contributed by atoms with Crippen LogP contribution in [0.3, 0.4) is 0 Å². The summed E-state index contributed by atoms with van der Waals surface area (Å²) in [5, 5.41) is 3.17. The van der Waals surface area contributed by atoms with E-state index >= 15 is 0 Å². The zero-order valence-corrected chi connectivity index (χ0v) is 13.9. The summed E-state index contributed by atoms with van der Waals surface area (Å²) in [7, 11) is 0. The minimum absolute atomic E-state index is 0. The topological polar surface area (TPSA) is 55.1 Å². The molecule has 1 fully saturated rings. The predicted octanol–water partition coefficient (Wildman–Crippen LogP) is 3.86. The summed E-state index contributed by atoms with van der Waals surface area (Å²) >= 11 is 11.7.